The molecule has 1 N–H and O–H groups in total. The van der Waals surface area contributed by atoms with Gasteiger partial charge in [0.1, 0.15) is 0 Å². The predicted molar refractivity (Wildman–Crippen MR) is 90.5 cm³/mol. The topological polar surface area (TPSA) is 116 Å². The summed E-state index contributed by atoms with van der Waals surface area (Å²) in [7, 11) is 0. The SMILES string of the molecule is CCCCCOC(=O)c1cc(O)c(OC(C)=O)c(OC(C)=O)c1C(C)=O. The smallest absolute Gasteiger partial charge is 0.339 e. The number of unbranched alkanes of at least 4 members (excludes halogenated alkanes) is 2. The normalized spacial score (nSPS) is 10.2. The molecule has 26 heavy (non-hydrogen) atoms. The van der Waals surface area contributed by atoms with Gasteiger partial charge in [-0.2, -0.15) is 0 Å². The van der Waals surface area contributed by atoms with E-state index < -0.39 is 40.9 Å². The Balaban J connectivity index is 3.44. The summed E-state index contributed by atoms with van der Waals surface area (Å²) in [5.74, 6) is -4.77. The summed E-state index contributed by atoms with van der Waals surface area (Å²) < 4.78 is 14.9. The van der Waals surface area contributed by atoms with Crippen molar-refractivity contribution in [1.29, 1.82) is 0 Å². The predicted octanol–water partition coefficient (Wildman–Crippen LogP) is 2.79. The van der Waals surface area contributed by atoms with E-state index in [0.717, 1.165) is 39.7 Å². The Labute approximate surface area is 151 Å². The minimum atomic E-state index is -0.857. The highest BCUT2D eigenvalue weighted by atomic mass is 16.6. The summed E-state index contributed by atoms with van der Waals surface area (Å²) in [5, 5.41) is 10.1. The maximum atomic E-state index is 12.3. The molecule has 8 heteroatoms. The molecule has 0 aromatic heterocycles. The summed E-state index contributed by atoms with van der Waals surface area (Å²) in [6.45, 7) is 5.41. The quantitative estimate of drug-likeness (QED) is 0.323. The van der Waals surface area contributed by atoms with Gasteiger partial charge >= 0.3 is 17.9 Å². The molecule has 1 aromatic carbocycles. The van der Waals surface area contributed by atoms with E-state index in [1.807, 2.05) is 6.92 Å². The lowest BCUT2D eigenvalue weighted by molar-refractivity contribution is -0.134. The van der Waals surface area contributed by atoms with Crippen molar-refractivity contribution in [2.75, 3.05) is 6.61 Å². The standard InChI is InChI=1S/C18H22O8/c1-5-6-7-8-24-18(23)13-9-14(22)16(25-11(3)20)17(26-12(4)21)15(13)10(2)19/h9,22H,5-8H2,1-4H3. The number of ether oxygens (including phenoxy) is 3. The van der Waals surface area contributed by atoms with Gasteiger partial charge in [-0.3, -0.25) is 14.4 Å². The number of phenols is 1. The highest BCUT2D eigenvalue weighted by molar-refractivity contribution is 6.09. The molecule has 0 bridgehead atoms. The highest BCUT2D eigenvalue weighted by Gasteiger charge is 2.29. The van der Waals surface area contributed by atoms with E-state index in [9.17, 15) is 24.3 Å². The number of rotatable bonds is 8. The van der Waals surface area contributed by atoms with Gasteiger partial charge in [0.15, 0.2) is 17.3 Å². The first-order chi connectivity index (χ1) is 12.2. The lowest BCUT2D eigenvalue weighted by atomic mass is 10.0. The number of phenolic OH excluding ortho intramolecular Hbond substituents is 1. The van der Waals surface area contributed by atoms with Gasteiger partial charge in [0.05, 0.1) is 17.7 Å². The minimum Gasteiger partial charge on any atom is -0.504 e. The third-order valence-corrected chi connectivity index (χ3v) is 3.26. The van der Waals surface area contributed by atoms with Gasteiger partial charge in [0, 0.05) is 13.8 Å². The van der Waals surface area contributed by atoms with Crippen LogP contribution in [-0.2, 0) is 14.3 Å². The number of ketones is 1. The number of Topliss-reactive ketones (excluding diaryl/α,β-unsaturated/α-hetero) is 1. The van der Waals surface area contributed by atoms with Crippen molar-refractivity contribution in [3.63, 3.8) is 0 Å². The Morgan fingerprint density at radius 1 is 0.962 bits per heavy atom. The van der Waals surface area contributed by atoms with Gasteiger partial charge in [-0.1, -0.05) is 19.8 Å². The maximum Gasteiger partial charge on any atom is 0.339 e. The second-order valence-corrected chi connectivity index (χ2v) is 5.56. The van der Waals surface area contributed by atoms with Crippen LogP contribution in [0.2, 0.25) is 0 Å². The van der Waals surface area contributed by atoms with Crippen LogP contribution >= 0.6 is 0 Å². The molecule has 0 saturated carbocycles. The average Bonchev–Trinajstić information content (AvgIpc) is 2.53. The molecule has 1 rings (SSSR count). The Morgan fingerprint density at radius 2 is 1.54 bits per heavy atom. The zero-order valence-electron chi connectivity index (χ0n) is 15.2. The summed E-state index contributed by atoms with van der Waals surface area (Å²) in [6.07, 6.45) is 2.44. The highest BCUT2D eigenvalue weighted by Crippen LogP contribution is 2.42. The number of hydrogen-bond donors (Lipinski definition) is 1. The molecule has 0 fully saturated rings. The van der Waals surface area contributed by atoms with Crippen LogP contribution in [0.5, 0.6) is 17.2 Å². The van der Waals surface area contributed by atoms with Crippen molar-refractivity contribution in [3.05, 3.63) is 17.2 Å². The van der Waals surface area contributed by atoms with Crippen molar-refractivity contribution < 1.29 is 38.5 Å². The van der Waals surface area contributed by atoms with Gasteiger partial charge in [-0.25, -0.2) is 4.79 Å². The fourth-order valence-corrected chi connectivity index (χ4v) is 2.22. The Hall–Kier alpha value is -2.90. The fraction of sp³-hybridized carbons (Fsp3) is 0.444. The van der Waals surface area contributed by atoms with Crippen molar-refractivity contribution in [2.24, 2.45) is 0 Å². The largest absolute Gasteiger partial charge is 0.504 e. The van der Waals surface area contributed by atoms with E-state index in [1.54, 1.807) is 0 Å². The van der Waals surface area contributed by atoms with E-state index in [4.69, 9.17) is 14.2 Å². The molecule has 1 aromatic rings. The molecule has 0 heterocycles. The van der Waals surface area contributed by atoms with Crippen molar-refractivity contribution in [1.82, 2.24) is 0 Å². The van der Waals surface area contributed by atoms with Crippen molar-refractivity contribution in [2.45, 2.75) is 47.0 Å². The number of esters is 3. The van der Waals surface area contributed by atoms with Crippen LogP contribution in [0.25, 0.3) is 0 Å². The molecule has 0 spiro atoms. The first-order valence-corrected chi connectivity index (χ1v) is 8.13. The molecule has 0 atom stereocenters. The molecule has 142 valence electrons. The van der Waals surface area contributed by atoms with E-state index in [0.29, 0.717) is 6.42 Å². The van der Waals surface area contributed by atoms with Crippen LogP contribution < -0.4 is 9.47 Å². The third kappa shape index (κ3) is 5.58. The molecular formula is C18H22O8. The number of aromatic hydroxyl groups is 1. The van der Waals surface area contributed by atoms with E-state index in [1.165, 1.54) is 0 Å². The fourth-order valence-electron chi connectivity index (χ4n) is 2.22. The van der Waals surface area contributed by atoms with Gasteiger partial charge < -0.3 is 19.3 Å². The molecule has 0 amide bonds. The third-order valence-electron chi connectivity index (χ3n) is 3.26. The van der Waals surface area contributed by atoms with E-state index in [2.05, 4.69) is 0 Å². The Morgan fingerprint density at radius 3 is 2.04 bits per heavy atom. The van der Waals surface area contributed by atoms with Crippen LogP contribution in [0.15, 0.2) is 6.07 Å². The Bertz CT molecular complexity index is 720. The lowest BCUT2D eigenvalue weighted by Gasteiger charge is -2.16. The molecule has 0 radical (unpaired) electrons. The zero-order chi connectivity index (χ0) is 19.9. The monoisotopic (exact) mass is 366 g/mol. The first kappa shape index (κ1) is 21.1. The number of carbonyl (C=O) groups is 4. The summed E-state index contributed by atoms with van der Waals surface area (Å²) in [6, 6.07) is 0.949. The summed E-state index contributed by atoms with van der Waals surface area (Å²) in [5.41, 5.74) is -0.589. The average molecular weight is 366 g/mol. The van der Waals surface area contributed by atoms with Crippen LogP contribution in [0.3, 0.4) is 0 Å². The number of benzene rings is 1. The van der Waals surface area contributed by atoms with Gasteiger partial charge in [0.25, 0.3) is 0 Å². The van der Waals surface area contributed by atoms with E-state index in [-0.39, 0.29) is 17.7 Å². The number of carbonyl (C=O) groups excluding carboxylic acids is 4. The summed E-state index contributed by atoms with van der Waals surface area (Å²) in [4.78, 5) is 47.0. The molecule has 0 unspecified atom stereocenters. The lowest BCUT2D eigenvalue weighted by Crippen LogP contribution is -2.16. The Kier molecular flexibility index (Phi) is 7.77. The van der Waals surface area contributed by atoms with Crippen LogP contribution in [-0.4, -0.2) is 35.4 Å². The number of hydrogen-bond acceptors (Lipinski definition) is 8. The molecule has 0 aliphatic rings. The van der Waals surface area contributed by atoms with Crippen LogP contribution in [0.4, 0.5) is 0 Å². The van der Waals surface area contributed by atoms with Gasteiger partial charge in [-0.05, 0) is 19.4 Å². The van der Waals surface area contributed by atoms with Crippen molar-refractivity contribution >= 4 is 23.7 Å². The minimum absolute atomic E-state index is 0.138. The molecule has 0 aliphatic carbocycles. The molecule has 0 aliphatic heterocycles. The van der Waals surface area contributed by atoms with E-state index >= 15 is 0 Å². The first-order valence-electron chi connectivity index (χ1n) is 8.13. The molecular weight excluding hydrogens is 344 g/mol. The molecule has 0 saturated heterocycles. The van der Waals surface area contributed by atoms with Gasteiger partial charge in [-0.15, -0.1) is 0 Å². The second-order valence-electron chi connectivity index (χ2n) is 5.56. The maximum absolute atomic E-state index is 12.3. The van der Waals surface area contributed by atoms with Crippen LogP contribution in [0.1, 0.15) is 67.7 Å². The van der Waals surface area contributed by atoms with Gasteiger partial charge in [0.2, 0.25) is 5.75 Å². The zero-order valence-corrected chi connectivity index (χ0v) is 15.2. The van der Waals surface area contributed by atoms with Crippen molar-refractivity contribution in [3.8, 4) is 17.2 Å². The molecule has 8 nitrogen and oxygen atoms in total. The summed E-state index contributed by atoms with van der Waals surface area (Å²) >= 11 is 0. The van der Waals surface area contributed by atoms with Crippen LogP contribution in [0, 0.1) is 0 Å². The second kappa shape index (κ2) is 9.55.